The van der Waals surface area contributed by atoms with Gasteiger partial charge in [-0.2, -0.15) is 13.2 Å². The van der Waals surface area contributed by atoms with Gasteiger partial charge in [0.1, 0.15) is 11.6 Å². The largest absolute Gasteiger partial charge is 0.416 e. The Hall–Kier alpha value is -1.46. The van der Waals surface area contributed by atoms with Crippen LogP contribution in [0.5, 0.6) is 0 Å². The molecule has 2 fully saturated rings. The zero-order valence-corrected chi connectivity index (χ0v) is 9.74. The lowest BCUT2D eigenvalue weighted by atomic mass is 10.1. The number of alkyl halides is 3. The number of anilines is 2. The number of nitrogens with zero attached hydrogens (tertiary/aromatic N) is 2. The van der Waals surface area contributed by atoms with Crippen LogP contribution in [-0.4, -0.2) is 17.6 Å². The average Bonchev–Trinajstić information content (AvgIpc) is 2.88. The lowest BCUT2D eigenvalue weighted by molar-refractivity contribution is -0.137. The van der Waals surface area contributed by atoms with Gasteiger partial charge in [0, 0.05) is 12.6 Å². The van der Waals surface area contributed by atoms with Gasteiger partial charge in [-0.25, -0.2) is 4.98 Å². The monoisotopic (exact) mass is 257 g/mol. The third kappa shape index (κ3) is 1.89. The molecule has 1 aliphatic heterocycles. The van der Waals surface area contributed by atoms with E-state index >= 15 is 0 Å². The van der Waals surface area contributed by atoms with Gasteiger partial charge in [0.25, 0.3) is 0 Å². The minimum absolute atomic E-state index is 0.0670. The Kier molecular flexibility index (Phi) is 2.43. The molecule has 18 heavy (non-hydrogen) atoms. The molecule has 1 saturated carbocycles. The minimum atomic E-state index is -4.37. The van der Waals surface area contributed by atoms with E-state index in [2.05, 4.69) is 4.98 Å². The van der Waals surface area contributed by atoms with Crippen LogP contribution in [0.4, 0.5) is 24.8 Å². The molecule has 98 valence electrons. The van der Waals surface area contributed by atoms with Gasteiger partial charge in [-0.1, -0.05) is 0 Å². The molecule has 2 atom stereocenters. The van der Waals surface area contributed by atoms with Crippen molar-refractivity contribution in [2.75, 3.05) is 17.2 Å². The van der Waals surface area contributed by atoms with Crippen LogP contribution in [0.1, 0.15) is 24.8 Å². The maximum Gasteiger partial charge on any atom is 0.416 e. The standard InChI is InChI=1S/C12H14F3N3/c13-12(14,15)8-4-10(16)17-11(5-8)18-6-7-1-2-9(18)3-7/h4-5,7,9H,1-3,6H2,(H2,16,17). The predicted octanol–water partition coefficient (Wildman–Crippen LogP) is 2.67. The second-order valence-electron chi connectivity index (χ2n) is 5.12. The van der Waals surface area contributed by atoms with Crippen LogP contribution < -0.4 is 10.6 Å². The molecule has 2 N–H and O–H groups in total. The minimum Gasteiger partial charge on any atom is -0.384 e. The van der Waals surface area contributed by atoms with E-state index in [9.17, 15) is 13.2 Å². The lowest BCUT2D eigenvalue weighted by Crippen LogP contribution is -2.33. The van der Waals surface area contributed by atoms with E-state index < -0.39 is 11.7 Å². The fourth-order valence-corrected chi connectivity index (χ4v) is 3.05. The number of fused-ring (bicyclic) bond motifs is 2. The van der Waals surface area contributed by atoms with Gasteiger partial charge in [-0.3, -0.25) is 0 Å². The topological polar surface area (TPSA) is 42.1 Å². The Balaban J connectivity index is 1.95. The van der Waals surface area contributed by atoms with E-state index in [0.29, 0.717) is 17.8 Å². The van der Waals surface area contributed by atoms with Gasteiger partial charge < -0.3 is 10.6 Å². The van der Waals surface area contributed by atoms with Gasteiger partial charge >= 0.3 is 6.18 Å². The first-order chi connectivity index (χ1) is 8.43. The molecule has 1 aliphatic carbocycles. The summed E-state index contributed by atoms with van der Waals surface area (Å²) < 4.78 is 38.2. The summed E-state index contributed by atoms with van der Waals surface area (Å²) in [5, 5.41) is 0. The third-order valence-corrected chi connectivity index (χ3v) is 3.86. The smallest absolute Gasteiger partial charge is 0.384 e. The number of piperidine rings is 1. The Bertz CT molecular complexity index is 472. The van der Waals surface area contributed by atoms with E-state index in [1.165, 1.54) is 6.42 Å². The van der Waals surface area contributed by atoms with Crippen molar-refractivity contribution in [3.05, 3.63) is 17.7 Å². The van der Waals surface area contributed by atoms with E-state index in [4.69, 9.17) is 5.73 Å². The molecule has 3 rings (SSSR count). The first-order valence-corrected chi connectivity index (χ1v) is 6.05. The van der Waals surface area contributed by atoms with E-state index in [1.807, 2.05) is 4.90 Å². The van der Waals surface area contributed by atoms with Crippen molar-refractivity contribution in [3.8, 4) is 0 Å². The van der Waals surface area contributed by atoms with Crippen molar-refractivity contribution in [1.82, 2.24) is 4.98 Å². The van der Waals surface area contributed by atoms with Crippen molar-refractivity contribution >= 4 is 11.6 Å². The van der Waals surface area contributed by atoms with Crippen LogP contribution in [-0.2, 0) is 6.18 Å². The normalized spacial score (nSPS) is 26.9. The fraction of sp³-hybridized carbons (Fsp3) is 0.583. The summed E-state index contributed by atoms with van der Waals surface area (Å²) in [6.07, 6.45) is -1.08. The summed E-state index contributed by atoms with van der Waals surface area (Å²) in [7, 11) is 0. The Labute approximate surface area is 103 Å². The SMILES string of the molecule is Nc1cc(C(F)(F)F)cc(N2CC3CCC2C3)n1. The molecule has 3 nitrogen and oxygen atoms in total. The molecular weight excluding hydrogens is 243 g/mol. The van der Waals surface area contributed by atoms with Gasteiger partial charge in [-0.15, -0.1) is 0 Å². The predicted molar refractivity (Wildman–Crippen MR) is 62.1 cm³/mol. The summed E-state index contributed by atoms with van der Waals surface area (Å²) in [6.45, 7) is 0.804. The van der Waals surface area contributed by atoms with Crippen molar-refractivity contribution in [1.29, 1.82) is 0 Å². The first kappa shape index (κ1) is 11.6. The van der Waals surface area contributed by atoms with Crippen LogP contribution in [0.15, 0.2) is 12.1 Å². The molecule has 0 radical (unpaired) electrons. The van der Waals surface area contributed by atoms with Crippen LogP contribution in [0.25, 0.3) is 0 Å². The van der Waals surface area contributed by atoms with Gasteiger partial charge in [0.15, 0.2) is 0 Å². The number of halogens is 3. The number of pyridine rings is 1. The highest BCUT2D eigenvalue weighted by Crippen LogP contribution is 2.41. The quantitative estimate of drug-likeness (QED) is 0.841. The van der Waals surface area contributed by atoms with Gasteiger partial charge in [-0.05, 0) is 37.3 Å². The molecule has 2 aliphatic rings. The Morgan fingerprint density at radius 1 is 1.28 bits per heavy atom. The maximum absolute atomic E-state index is 12.7. The molecule has 0 spiro atoms. The second kappa shape index (κ2) is 3.76. The second-order valence-corrected chi connectivity index (χ2v) is 5.12. The highest BCUT2D eigenvalue weighted by molar-refractivity contribution is 5.51. The summed E-state index contributed by atoms with van der Waals surface area (Å²) in [6, 6.07) is 2.33. The van der Waals surface area contributed by atoms with E-state index in [1.54, 1.807) is 0 Å². The Morgan fingerprint density at radius 3 is 2.61 bits per heavy atom. The Morgan fingerprint density at radius 2 is 2.06 bits per heavy atom. The van der Waals surface area contributed by atoms with Crippen molar-refractivity contribution in [2.24, 2.45) is 5.92 Å². The zero-order chi connectivity index (χ0) is 12.9. The fourth-order valence-electron chi connectivity index (χ4n) is 3.05. The summed E-state index contributed by atoms with van der Waals surface area (Å²) >= 11 is 0. The number of nitrogens with two attached hydrogens (primary N) is 1. The maximum atomic E-state index is 12.7. The molecule has 2 unspecified atom stereocenters. The van der Waals surface area contributed by atoms with Crippen molar-refractivity contribution < 1.29 is 13.2 Å². The van der Waals surface area contributed by atoms with Crippen LogP contribution in [0.3, 0.4) is 0 Å². The molecule has 1 aromatic heterocycles. The first-order valence-electron chi connectivity index (χ1n) is 6.05. The number of nitrogen functional groups attached to an aromatic ring is 1. The van der Waals surface area contributed by atoms with Gasteiger partial charge in [0.05, 0.1) is 5.56 Å². The lowest BCUT2D eigenvalue weighted by Gasteiger charge is -2.28. The molecule has 1 aromatic rings. The van der Waals surface area contributed by atoms with Gasteiger partial charge in [0.2, 0.25) is 0 Å². The van der Waals surface area contributed by atoms with Crippen molar-refractivity contribution in [3.63, 3.8) is 0 Å². The zero-order valence-electron chi connectivity index (χ0n) is 9.74. The molecule has 2 heterocycles. The number of rotatable bonds is 1. The molecule has 0 aromatic carbocycles. The number of aromatic nitrogens is 1. The summed E-state index contributed by atoms with van der Waals surface area (Å²) in [5.41, 5.74) is 4.77. The van der Waals surface area contributed by atoms with Crippen LogP contribution in [0.2, 0.25) is 0 Å². The molecule has 1 saturated heterocycles. The van der Waals surface area contributed by atoms with Crippen molar-refractivity contribution in [2.45, 2.75) is 31.5 Å². The summed E-state index contributed by atoms with van der Waals surface area (Å²) in [4.78, 5) is 6.02. The van der Waals surface area contributed by atoms with Crippen LogP contribution in [0, 0.1) is 5.92 Å². The van der Waals surface area contributed by atoms with Crippen LogP contribution >= 0.6 is 0 Å². The number of hydrogen-bond donors (Lipinski definition) is 1. The third-order valence-electron chi connectivity index (χ3n) is 3.86. The highest BCUT2D eigenvalue weighted by atomic mass is 19.4. The molecule has 6 heteroatoms. The average molecular weight is 257 g/mol. The molecular formula is C12H14F3N3. The molecule has 0 amide bonds. The molecule has 2 bridgehead atoms. The highest BCUT2D eigenvalue weighted by Gasteiger charge is 2.39. The van der Waals surface area contributed by atoms with E-state index in [0.717, 1.165) is 31.5 Å². The summed E-state index contributed by atoms with van der Waals surface area (Å²) in [5.74, 6) is 0.907. The van der Waals surface area contributed by atoms with E-state index in [-0.39, 0.29) is 5.82 Å². The number of hydrogen-bond acceptors (Lipinski definition) is 3.